The molecule has 1 aromatic heterocycles. The van der Waals surface area contributed by atoms with Crippen molar-refractivity contribution in [2.75, 3.05) is 7.11 Å². The summed E-state index contributed by atoms with van der Waals surface area (Å²) in [4.78, 5) is 28.1. The Labute approximate surface area is 205 Å². The number of rotatable bonds is 5. The molecule has 0 saturated heterocycles. The molecule has 0 radical (unpaired) electrons. The van der Waals surface area contributed by atoms with Gasteiger partial charge in [0.05, 0.1) is 24.8 Å². The number of nitrogens with one attached hydrogen (secondary N) is 2. The molecule has 9 heteroatoms. The molecule has 0 fully saturated rings. The maximum atomic E-state index is 13.4. The van der Waals surface area contributed by atoms with Crippen molar-refractivity contribution in [2.45, 2.75) is 39.1 Å². The second kappa shape index (κ2) is 9.22. The molecule has 0 spiro atoms. The van der Waals surface area contributed by atoms with E-state index in [1.807, 2.05) is 19.9 Å². The molecule has 1 aliphatic heterocycles. The first-order chi connectivity index (χ1) is 16.9. The molecule has 2 aromatic carbocycles. The number of methoxy groups -OCH3 is 1. The summed E-state index contributed by atoms with van der Waals surface area (Å²) < 4.78 is 51.5. The van der Waals surface area contributed by atoms with Crippen molar-refractivity contribution < 1.29 is 27.4 Å². The molecule has 1 amide bonds. The van der Waals surface area contributed by atoms with Crippen LogP contribution in [0.3, 0.4) is 0 Å². The van der Waals surface area contributed by atoms with Crippen LogP contribution < -0.4 is 20.3 Å². The van der Waals surface area contributed by atoms with E-state index in [-0.39, 0.29) is 28.8 Å². The van der Waals surface area contributed by atoms with Crippen molar-refractivity contribution in [1.29, 1.82) is 0 Å². The van der Waals surface area contributed by atoms with E-state index >= 15 is 0 Å². The van der Waals surface area contributed by atoms with E-state index in [9.17, 15) is 22.8 Å². The molecule has 0 saturated carbocycles. The zero-order valence-corrected chi connectivity index (χ0v) is 20.2. The predicted octanol–water partition coefficient (Wildman–Crippen LogP) is 5.49. The summed E-state index contributed by atoms with van der Waals surface area (Å²) in [5.41, 5.74) is 0.360. The molecule has 0 bridgehead atoms. The number of alkyl halides is 3. The summed E-state index contributed by atoms with van der Waals surface area (Å²) >= 11 is 0. The first kappa shape index (κ1) is 25.1. The van der Waals surface area contributed by atoms with Gasteiger partial charge in [-0.2, -0.15) is 13.2 Å². The van der Waals surface area contributed by atoms with Gasteiger partial charge in [0, 0.05) is 22.4 Å². The fraction of sp³-hybridized carbons (Fsp3) is 0.259. The molecule has 2 heterocycles. The number of carbonyl (C=O) groups is 1. The third-order valence-corrected chi connectivity index (χ3v) is 5.79. The Bertz CT molecular complexity index is 1420. The van der Waals surface area contributed by atoms with Gasteiger partial charge in [0.2, 0.25) is 0 Å². The summed E-state index contributed by atoms with van der Waals surface area (Å²) in [7, 11) is 1.43. The molecule has 3 aromatic rings. The molecule has 36 heavy (non-hydrogen) atoms. The average Bonchev–Trinajstić information content (AvgIpc) is 2.81. The Morgan fingerprint density at radius 2 is 1.92 bits per heavy atom. The standard InChI is InChI=1S/C27H25F3N2O4/c1-15-10-22(35-4)21(25(34)32-15)14-31-24(33)18-11-17-8-9-26(2,3)36-23(17)20(13-18)16-6-5-7-19(12-16)27(28,29)30/h5-13H,14H2,1-4H3,(H,31,33)(H,32,34). The number of aromatic nitrogens is 1. The van der Waals surface area contributed by atoms with Gasteiger partial charge < -0.3 is 19.8 Å². The number of aryl methyl sites for hydroxylation is 1. The highest BCUT2D eigenvalue weighted by Crippen LogP contribution is 2.42. The Morgan fingerprint density at radius 1 is 1.17 bits per heavy atom. The number of H-pyrrole nitrogens is 1. The molecular weight excluding hydrogens is 473 g/mol. The number of carbonyl (C=O) groups excluding carboxylic acids is 1. The SMILES string of the molecule is COc1cc(C)[nH]c(=O)c1CNC(=O)c1cc2c(c(-c3cccc(C(F)(F)F)c3)c1)OC(C)(C)C=C2. The minimum absolute atomic E-state index is 0.104. The van der Waals surface area contributed by atoms with Crippen LogP contribution in [0, 0.1) is 6.92 Å². The van der Waals surface area contributed by atoms with E-state index in [1.165, 1.54) is 25.3 Å². The lowest BCUT2D eigenvalue weighted by molar-refractivity contribution is -0.137. The van der Waals surface area contributed by atoms with Crippen molar-refractivity contribution >= 4 is 12.0 Å². The number of hydrogen-bond acceptors (Lipinski definition) is 4. The number of pyridine rings is 1. The summed E-state index contributed by atoms with van der Waals surface area (Å²) in [5.74, 6) is 0.214. The van der Waals surface area contributed by atoms with Gasteiger partial charge in [-0.1, -0.05) is 18.2 Å². The molecular formula is C27H25F3N2O4. The molecule has 0 unspecified atom stereocenters. The van der Waals surface area contributed by atoms with E-state index < -0.39 is 23.2 Å². The number of fused-ring (bicyclic) bond motifs is 1. The maximum absolute atomic E-state index is 13.4. The first-order valence-electron chi connectivity index (χ1n) is 11.2. The highest BCUT2D eigenvalue weighted by Gasteiger charge is 2.31. The first-order valence-corrected chi connectivity index (χ1v) is 11.2. The molecule has 1 aliphatic rings. The highest BCUT2D eigenvalue weighted by atomic mass is 19.4. The molecule has 0 aliphatic carbocycles. The summed E-state index contributed by atoms with van der Waals surface area (Å²) in [6, 6.07) is 9.62. The Hall–Kier alpha value is -4.01. The quantitative estimate of drug-likeness (QED) is 0.488. The fourth-order valence-electron chi connectivity index (χ4n) is 3.99. The van der Waals surface area contributed by atoms with Crippen molar-refractivity contribution in [3.05, 3.63) is 86.8 Å². The van der Waals surface area contributed by atoms with Gasteiger partial charge in [0.1, 0.15) is 17.1 Å². The van der Waals surface area contributed by atoms with E-state index in [2.05, 4.69) is 10.3 Å². The van der Waals surface area contributed by atoms with Gasteiger partial charge in [0.25, 0.3) is 11.5 Å². The Balaban J connectivity index is 1.74. The van der Waals surface area contributed by atoms with Crippen LogP contribution in [0.1, 0.15) is 46.6 Å². The van der Waals surface area contributed by atoms with Gasteiger partial charge in [-0.25, -0.2) is 0 Å². The minimum atomic E-state index is -4.52. The number of ether oxygens (including phenoxy) is 2. The molecule has 2 N–H and O–H groups in total. The fourth-order valence-corrected chi connectivity index (χ4v) is 3.99. The second-order valence-electron chi connectivity index (χ2n) is 9.07. The monoisotopic (exact) mass is 498 g/mol. The maximum Gasteiger partial charge on any atom is 0.416 e. The van der Waals surface area contributed by atoms with E-state index in [4.69, 9.17) is 9.47 Å². The lowest BCUT2D eigenvalue weighted by Crippen LogP contribution is -2.29. The normalized spacial score (nSPS) is 14.1. The van der Waals surface area contributed by atoms with Crippen LogP contribution in [0.2, 0.25) is 0 Å². The van der Waals surface area contributed by atoms with Gasteiger partial charge in [0.15, 0.2) is 0 Å². The summed E-state index contributed by atoms with van der Waals surface area (Å²) in [6.07, 6.45) is -0.935. The molecule has 188 valence electrons. The van der Waals surface area contributed by atoms with Gasteiger partial charge in [-0.15, -0.1) is 0 Å². The number of aromatic amines is 1. The van der Waals surface area contributed by atoms with Crippen LogP contribution in [0.15, 0.2) is 53.3 Å². The number of halogens is 3. The zero-order valence-electron chi connectivity index (χ0n) is 20.2. The predicted molar refractivity (Wildman–Crippen MR) is 130 cm³/mol. The number of benzene rings is 2. The molecule has 4 rings (SSSR count). The molecule has 0 atom stereocenters. The third-order valence-electron chi connectivity index (χ3n) is 5.79. The third kappa shape index (κ3) is 5.15. The Morgan fingerprint density at radius 3 is 2.61 bits per heavy atom. The van der Waals surface area contributed by atoms with Gasteiger partial charge in [-0.3, -0.25) is 9.59 Å². The van der Waals surface area contributed by atoms with Crippen LogP contribution in [0.25, 0.3) is 17.2 Å². The number of amides is 1. The van der Waals surface area contributed by atoms with Crippen molar-refractivity contribution in [3.63, 3.8) is 0 Å². The summed E-state index contributed by atoms with van der Waals surface area (Å²) in [6.45, 7) is 5.27. The lowest BCUT2D eigenvalue weighted by Gasteiger charge is -2.30. The second-order valence-corrected chi connectivity index (χ2v) is 9.07. The van der Waals surface area contributed by atoms with E-state index in [0.717, 1.165) is 12.1 Å². The summed E-state index contributed by atoms with van der Waals surface area (Å²) in [5, 5.41) is 2.70. The van der Waals surface area contributed by atoms with Crippen LogP contribution in [0.4, 0.5) is 13.2 Å². The van der Waals surface area contributed by atoms with Gasteiger partial charge >= 0.3 is 6.18 Å². The van der Waals surface area contributed by atoms with Crippen LogP contribution in [0.5, 0.6) is 11.5 Å². The van der Waals surface area contributed by atoms with Crippen LogP contribution in [-0.4, -0.2) is 23.6 Å². The van der Waals surface area contributed by atoms with Crippen molar-refractivity contribution in [3.8, 4) is 22.6 Å². The molecule has 6 nitrogen and oxygen atoms in total. The smallest absolute Gasteiger partial charge is 0.416 e. The minimum Gasteiger partial charge on any atom is -0.496 e. The van der Waals surface area contributed by atoms with Crippen molar-refractivity contribution in [1.82, 2.24) is 10.3 Å². The number of hydrogen-bond donors (Lipinski definition) is 2. The van der Waals surface area contributed by atoms with Crippen LogP contribution in [-0.2, 0) is 12.7 Å². The highest BCUT2D eigenvalue weighted by molar-refractivity contribution is 5.97. The average molecular weight is 499 g/mol. The topological polar surface area (TPSA) is 80.4 Å². The zero-order chi connectivity index (χ0) is 26.3. The largest absolute Gasteiger partial charge is 0.496 e. The lowest BCUT2D eigenvalue weighted by atomic mass is 9.93. The Kier molecular flexibility index (Phi) is 6.43. The van der Waals surface area contributed by atoms with Crippen molar-refractivity contribution in [2.24, 2.45) is 0 Å². The van der Waals surface area contributed by atoms with Crippen LogP contribution >= 0.6 is 0 Å². The van der Waals surface area contributed by atoms with Gasteiger partial charge in [-0.05, 0) is 62.7 Å². The van der Waals surface area contributed by atoms with E-state index in [1.54, 1.807) is 25.1 Å². The van der Waals surface area contributed by atoms with E-state index in [0.29, 0.717) is 28.3 Å².